The second kappa shape index (κ2) is 16.8. The number of carbonyl (C=O) groups is 6. The maximum absolute atomic E-state index is 13.6. The number of ether oxygens (including phenoxy) is 2. The molecule has 12 nitrogen and oxygen atoms in total. The van der Waals surface area contributed by atoms with E-state index >= 15 is 0 Å². The van der Waals surface area contributed by atoms with Crippen LogP contribution in [0, 0.1) is 11.8 Å². The molecule has 4 amide bonds. The molecule has 3 atom stereocenters. The van der Waals surface area contributed by atoms with Crippen molar-refractivity contribution in [2.24, 2.45) is 16.8 Å². The van der Waals surface area contributed by atoms with Gasteiger partial charge in [-0.25, -0.2) is 0 Å². The number of nitrogens with zero attached hydrogens (tertiary/aromatic N) is 3. The predicted octanol–water partition coefficient (Wildman–Crippen LogP) is 5.01. The molecule has 3 aliphatic rings. The van der Waals surface area contributed by atoms with Gasteiger partial charge < -0.3 is 19.7 Å². The predicted molar refractivity (Wildman–Crippen MR) is 195 cm³/mol. The molecule has 0 spiro atoms. The van der Waals surface area contributed by atoms with E-state index in [1.807, 2.05) is 44.3 Å². The number of aliphatic imine (C=N–C) groups is 1. The molecule has 3 aliphatic heterocycles. The topological polar surface area (TPSA) is 152 Å². The molecule has 2 aromatic carbocycles. The zero-order chi connectivity index (χ0) is 37.5. The second-order valence-electron chi connectivity index (χ2n) is 13.8. The van der Waals surface area contributed by atoms with E-state index in [1.54, 1.807) is 30.2 Å². The lowest BCUT2D eigenvalue weighted by Gasteiger charge is -2.22. The van der Waals surface area contributed by atoms with Crippen LogP contribution >= 0.6 is 0 Å². The lowest BCUT2D eigenvalue weighted by Crippen LogP contribution is -2.44. The van der Waals surface area contributed by atoms with Crippen molar-refractivity contribution in [1.29, 1.82) is 0 Å². The van der Waals surface area contributed by atoms with Crippen molar-refractivity contribution in [3.05, 3.63) is 71.4 Å². The Labute approximate surface area is 303 Å². The molecular formula is C40H46N4O8. The highest BCUT2D eigenvalue weighted by molar-refractivity contribution is 6.12. The number of benzene rings is 2. The number of rotatable bonds is 17. The van der Waals surface area contributed by atoms with E-state index < -0.39 is 12.0 Å². The minimum absolute atomic E-state index is 0.0372. The Bertz CT molecular complexity index is 1830. The average molecular weight is 711 g/mol. The molecule has 0 bridgehead atoms. The summed E-state index contributed by atoms with van der Waals surface area (Å²) in [6.45, 7) is 5.74. The van der Waals surface area contributed by atoms with E-state index in [0.29, 0.717) is 61.4 Å². The summed E-state index contributed by atoms with van der Waals surface area (Å²) in [4.78, 5) is 83.8. The molecule has 0 saturated carbocycles. The van der Waals surface area contributed by atoms with Gasteiger partial charge in [-0.3, -0.25) is 38.7 Å². The number of hydrogen-bond donors (Lipinski definition) is 1. The third kappa shape index (κ3) is 8.72. The van der Waals surface area contributed by atoms with Crippen molar-refractivity contribution in [2.75, 3.05) is 20.8 Å². The summed E-state index contributed by atoms with van der Waals surface area (Å²) in [5, 5.41) is 2.84. The van der Waals surface area contributed by atoms with Gasteiger partial charge in [0.15, 0.2) is 17.3 Å². The number of amides is 4. The first-order valence-electron chi connectivity index (χ1n) is 17.7. The van der Waals surface area contributed by atoms with Gasteiger partial charge in [-0.2, -0.15) is 0 Å². The molecule has 0 fully saturated rings. The Morgan fingerprint density at radius 1 is 0.942 bits per heavy atom. The lowest BCUT2D eigenvalue weighted by molar-refractivity contribution is -0.137. The zero-order valence-corrected chi connectivity index (χ0v) is 30.3. The zero-order valence-electron chi connectivity index (χ0n) is 30.3. The Balaban J connectivity index is 1.13. The number of methoxy groups -OCH3 is 2. The summed E-state index contributed by atoms with van der Waals surface area (Å²) in [7, 11) is 3.05. The van der Waals surface area contributed by atoms with Gasteiger partial charge in [0.2, 0.25) is 5.91 Å². The third-order valence-electron chi connectivity index (χ3n) is 9.78. The number of ketones is 2. The first-order chi connectivity index (χ1) is 24.9. The van der Waals surface area contributed by atoms with E-state index in [2.05, 4.69) is 10.3 Å². The Morgan fingerprint density at radius 3 is 2.35 bits per heavy atom. The maximum atomic E-state index is 13.6. The highest BCUT2D eigenvalue weighted by Crippen LogP contribution is 2.39. The molecule has 3 heterocycles. The minimum Gasteiger partial charge on any atom is -0.493 e. The van der Waals surface area contributed by atoms with Gasteiger partial charge in [-0.15, -0.1) is 0 Å². The van der Waals surface area contributed by atoms with Gasteiger partial charge in [0.1, 0.15) is 5.78 Å². The summed E-state index contributed by atoms with van der Waals surface area (Å²) in [6.07, 6.45) is 9.01. The van der Waals surface area contributed by atoms with Crippen molar-refractivity contribution in [2.45, 2.75) is 77.8 Å². The van der Waals surface area contributed by atoms with Gasteiger partial charge in [-0.05, 0) is 48.4 Å². The lowest BCUT2D eigenvalue weighted by atomic mass is 9.88. The van der Waals surface area contributed by atoms with Crippen LogP contribution < -0.4 is 14.8 Å². The van der Waals surface area contributed by atoms with Crippen LogP contribution in [0.5, 0.6) is 11.5 Å². The van der Waals surface area contributed by atoms with Crippen LogP contribution in [0.3, 0.4) is 0 Å². The van der Waals surface area contributed by atoms with Crippen LogP contribution in [0.1, 0.15) is 80.8 Å². The fourth-order valence-corrected chi connectivity index (χ4v) is 6.65. The smallest absolute Gasteiger partial charge is 0.260 e. The maximum Gasteiger partial charge on any atom is 0.260 e. The standard InChI is InChI=1S/C40H46N4O8/c1-24(2)31(19-30(45)12-7-6-8-15-43-37(47)13-14-38(43)48)39(49)42-25(3)34(46)17-26-10-9-11-27(16-26)28-18-29-22-41-33-21-36(52-5)35(51-4)20-32(33)40(50)44(29)23-28/h9-11,13-14,16,20-25,29,31H,6-8,12,15,17-19H2,1-5H3,(H,42,49)/t25-,29-,31-/m0/s1. The Hall–Kier alpha value is -5.39. The average Bonchev–Trinajstić information content (AvgIpc) is 3.67. The molecule has 12 heteroatoms. The van der Waals surface area contributed by atoms with Gasteiger partial charge in [0.25, 0.3) is 17.7 Å². The molecule has 0 radical (unpaired) electrons. The van der Waals surface area contributed by atoms with Crippen molar-refractivity contribution in [3.63, 3.8) is 0 Å². The fourth-order valence-electron chi connectivity index (χ4n) is 6.65. The molecule has 0 saturated heterocycles. The van der Waals surface area contributed by atoms with Crippen LogP contribution in [0.4, 0.5) is 5.69 Å². The molecule has 5 rings (SSSR count). The van der Waals surface area contributed by atoms with E-state index in [-0.39, 0.29) is 60.0 Å². The number of unbranched alkanes of at least 4 members (excludes halogenated alkanes) is 2. The highest BCUT2D eigenvalue weighted by atomic mass is 16.5. The van der Waals surface area contributed by atoms with Crippen molar-refractivity contribution in [1.82, 2.24) is 15.1 Å². The van der Waals surface area contributed by atoms with Crippen molar-refractivity contribution < 1.29 is 38.2 Å². The van der Waals surface area contributed by atoms with Crippen molar-refractivity contribution >= 4 is 52.7 Å². The number of hydrogen-bond acceptors (Lipinski definition) is 9. The van der Waals surface area contributed by atoms with Crippen LogP contribution in [-0.2, 0) is 30.4 Å². The number of Topliss-reactive ketones (excluding diaryl/α,β-unsaturated/α-hetero) is 2. The van der Waals surface area contributed by atoms with Crippen LogP contribution in [0.2, 0.25) is 0 Å². The summed E-state index contributed by atoms with van der Waals surface area (Å²) < 4.78 is 10.8. The quantitative estimate of drug-likeness (QED) is 0.178. The number of nitrogens with one attached hydrogen (secondary N) is 1. The van der Waals surface area contributed by atoms with Gasteiger partial charge in [0, 0.05) is 68.8 Å². The first-order valence-corrected chi connectivity index (χ1v) is 17.7. The van der Waals surface area contributed by atoms with Crippen LogP contribution in [0.15, 0.2) is 59.7 Å². The summed E-state index contributed by atoms with van der Waals surface area (Å²) in [5.41, 5.74) is 3.52. The van der Waals surface area contributed by atoms with E-state index in [0.717, 1.165) is 16.7 Å². The van der Waals surface area contributed by atoms with E-state index in [1.165, 1.54) is 31.3 Å². The molecule has 0 unspecified atom stereocenters. The third-order valence-corrected chi connectivity index (χ3v) is 9.78. The number of fused-ring (bicyclic) bond motifs is 2. The van der Waals surface area contributed by atoms with Gasteiger partial charge in [0.05, 0.1) is 37.6 Å². The molecule has 1 N–H and O–H groups in total. The normalized spacial score (nSPS) is 17.5. The summed E-state index contributed by atoms with van der Waals surface area (Å²) >= 11 is 0. The van der Waals surface area contributed by atoms with Gasteiger partial charge >= 0.3 is 0 Å². The number of imide groups is 1. The second-order valence-corrected chi connectivity index (χ2v) is 13.8. The summed E-state index contributed by atoms with van der Waals surface area (Å²) in [6, 6.07) is 9.91. The Morgan fingerprint density at radius 2 is 1.65 bits per heavy atom. The SMILES string of the molecule is COc1cc2c(cc1OC)C(=O)N1C=C(c3cccc(CC(=O)[C@H](C)NC(=O)[C@@H](CC(=O)CCCCCN4C(=O)C=CC4=O)C(C)C)c3)C[C@H]1C=N2. The minimum atomic E-state index is -0.758. The Kier molecular flexibility index (Phi) is 12.2. The van der Waals surface area contributed by atoms with Crippen LogP contribution in [-0.4, -0.2) is 84.1 Å². The molecule has 0 aromatic heterocycles. The fraction of sp³-hybridized carbons (Fsp3) is 0.425. The number of carbonyl (C=O) groups excluding carboxylic acids is 6. The molecule has 0 aliphatic carbocycles. The first kappa shape index (κ1) is 37.9. The molecular weight excluding hydrogens is 664 g/mol. The molecule has 2 aromatic rings. The monoisotopic (exact) mass is 710 g/mol. The van der Waals surface area contributed by atoms with E-state index in [4.69, 9.17) is 9.47 Å². The molecule has 52 heavy (non-hydrogen) atoms. The van der Waals surface area contributed by atoms with E-state index in [9.17, 15) is 28.8 Å². The van der Waals surface area contributed by atoms with Gasteiger partial charge in [-0.1, -0.05) is 44.5 Å². The highest BCUT2D eigenvalue weighted by Gasteiger charge is 2.34. The largest absolute Gasteiger partial charge is 0.493 e. The summed E-state index contributed by atoms with van der Waals surface area (Å²) in [5.74, 6) is -1.11. The van der Waals surface area contributed by atoms with Crippen LogP contribution in [0.25, 0.3) is 5.57 Å². The molecule has 274 valence electrons. The van der Waals surface area contributed by atoms with Crippen molar-refractivity contribution in [3.8, 4) is 11.5 Å².